The molecule has 1 N–H and O–H groups in total. The Kier molecular flexibility index (Phi) is 10.6. The fourth-order valence-corrected chi connectivity index (χ4v) is 6.47. The molecular weight excluding hydrogens is 626 g/mol. The number of hydrogen-bond acceptors (Lipinski definition) is 8. The average molecular weight is 667 g/mol. The van der Waals surface area contributed by atoms with Gasteiger partial charge in [0.2, 0.25) is 0 Å². The van der Waals surface area contributed by atoms with Crippen molar-refractivity contribution in [1.82, 2.24) is 9.55 Å². The van der Waals surface area contributed by atoms with E-state index in [4.69, 9.17) is 28.0 Å². The van der Waals surface area contributed by atoms with Gasteiger partial charge in [0.15, 0.2) is 0 Å². The molecule has 1 aromatic heterocycles. The maximum atomic E-state index is 15.2. The highest BCUT2D eigenvalue weighted by atomic mass is 31.2. The lowest BCUT2D eigenvalue weighted by molar-refractivity contribution is -0.0929. The minimum absolute atomic E-state index is 0.0656. The van der Waals surface area contributed by atoms with Gasteiger partial charge in [-0.1, -0.05) is 54.6 Å². The lowest BCUT2D eigenvalue weighted by Crippen LogP contribution is -2.38. The molecule has 250 valence electrons. The zero-order chi connectivity index (χ0) is 33.8. The van der Waals surface area contributed by atoms with Crippen molar-refractivity contribution in [3.63, 3.8) is 0 Å². The topological polar surface area (TPSA) is 110 Å². The Hall–Kier alpha value is -3.86. The van der Waals surface area contributed by atoms with Crippen molar-refractivity contribution in [2.24, 2.45) is 0 Å². The number of hydrogen-bond donors (Lipinski definition) is 1. The zero-order valence-corrected chi connectivity index (χ0v) is 28.2. The van der Waals surface area contributed by atoms with Crippen molar-refractivity contribution < 1.29 is 32.2 Å². The highest BCUT2D eigenvalue weighted by Gasteiger charge is 2.44. The molecule has 0 radical (unpaired) electrons. The number of halogens is 1. The highest BCUT2D eigenvalue weighted by molar-refractivity contribution is 7.41. The van der Waals surface area contributed by atoms with E-state index < -0.39 is 49.6 Å². The van der Waals surface area contributed by atoms with E-state index in [-0.39, 0.29) is 13.0 Å². The Bertz CT molecular complexity index is 1690. The van der Waals surface area contributed by atoms with E-state index in [1.807, 2.05) is 78.9 Å². The number of ether oxygens (including phenoxy) is 4. The van der Waals surface area contributed by atoms with Crippen molar-refractivity contribution in [3.05, 3.63) is 128 Å². The van der Waals surface area contributed by atoms with Crippen LogP contribution < -0.4 is 20.7 Å². The first kappa shape index (κ1) is 34.5. The third kappa shape index (κ3) is 7.83. The summed E-state index contributed by atoms with van der Waals surface area (Å²) < 4.78 is 52.1. The normalized spacial score (nSPS) is 19.0. The van der Waals surface area contributed by atoms with Crippen LogP contribution in [0.3, 0.4) is 0 Å². The number of benzene rings is 3. The minimum Gasteiger partial charge on any atom is -0.497 e. The number of methoxy groups -OCH3 is 2. The highest BCUT2D eigenvalue weighted by Crippen LogP contribution is 2.49. The maximum Gasteiger partial charge on any atom is 0.375 e. The Morgan fingerprint density at radius 3 is 1.98 bits per heavy atom. The molecule has 10 nitrogen and oxygen atoms in total. The van der Waals surface area contributed by atoms with Crippen molar-refractivity contribution in [2.75, 3.05) is 20.8 Å². The van der Waals surface area contributed by atoms with Crippen LogP contribution in [0.4, 0.5) is 4.20 Å². The number of rotatable bonds is 12. The van der Waals surface area contributed by atoms with Gasteiger partial charge in [0.05, 0.1) is 32.5 Å². The second-order valence-corrected chi connectivity index (χ2v) is 13.0. The molecule has 0 spiro atoms. The van der Waals surface area contributed by atoms with Gasteiger partial charge in [-0.2, -0.15) is 4.20 Å². The standard InChI is InChI=1S/C35H40FN2O8P/c1-23-21-38(33(40)37-32(23)39)31-20-29(45-47(36)46-34(2,3)4)30(44-31)22-43-35(24-10-8-7-9-11-24,25-12-16-27(41-5)17-13-25)26-14-18-28(42-6)19-15-26/h7-19,21,29-31H,20,22H2,1-6H3,(H,37,39,40)/t29-,30+,31+,47?/m0/s1. The van der Waals surface area contributed by atoms with Crippen molar-refractivity contribution >= 4 is 8.69 Å². The number of nitrogens with zero attached hydrogens (tertiary/aromatic N) is 1. The molecule has 1 aliphatic heterocycles. The fraction of sp³-hybridized carbons (Fsp3) is 0.371. The summed E-state index contributed by atoms with van der Waals surface area (Å²) in [5.41, 5.74) is -0.321. The van der Waals surface area contributed by atoms with E-state index in [0.717, 1.165) is 16.7 Å². The van der Waals surface area contributed by atoms with Crippen LogP contribution >= 0.6 is 8.69 Å². The molecule has 1 fully saturated rings. The largest absolute Gasteiger partial charge is 0.497 e. The van der Waals surface area contributed by atoms with Crippen LogP contribution in [0.1, 0.15) is 55.7 Å². The second kappa shape index (κ2) is 14.5. The lowest BCUT2D eigenvalue weighted by atomic mass is 9.80. The SMILES string of the molecule is COc1ccc(C(OC[C@H]2O[C@@H](n3cc(C)c(=O)[nH]c3=O)C[C@@H]2OP(F)OC(C)(C)C)(c2ccccc2)c2ccc(OC)cc2)cc1. The first-order valence-electron chi connectivity index (χ1n) is 15.2. The van der Waals surface area contributed by atoms with Gasteiger partial charge in [0.25, 0.3) is 5.56 Å². The predicted octanol–water partition coefficient (Wildman–Crippen LogP) is 6.56. The van der Waals surface area contributed by atoms with E-state index in [2.05, 4.69) is 4.98 Å². The number of aryl methyl sites for hydroxylation is 1. The van der Waals surface area contributed by atoms with Gasteiger partial charge >= 0.3 is 14.4 Å². The smallest absolute Gasteiger partial charge is 0.375 e. The van der Waals surface area contributed by atoms with Crippen LogP contribution in [0, 0.1) is 6.92 Å². The van der Waals surface area contributed by atoms with Crippen molar-refractivity contribution in [3.8, 4) is 11.5 Å². The van der Waals surface area contributed by atoms with Gasteiger partial charge in [-0.25, -0.2) is 4.79 Å². The van der Waals surface area contributed by atoms with Crippen molar-refractivity contribution in [1.29, 1.82) is 0 Å². The molecule has 3 aromatic carbocycles. The van der Waals surface area contributed by atoms with Crippen LogP contribution in [0.25, 0.3) is 0 Å². The first-order valence-corrected chi connectivity index (χ1v) is 16.3. The quantitative estimate of drug-likeness (QED) is 0.134. The molecule has 47 heavy (non-hydrogen) atoms. The Morgan fingerprint density at radius 2 is 1.45 bits per heavy atom. The average Bonchev–Trinajstić information content (AvgIpc) is 3.45. The number of aromatic nitrogens is 2. The van der Waals surface area contributed by atoms with E-state index >= 15 is 4.20 Å². The monoisotopic (exact) mass is 666 g/mol. The van der Waals surface area contributed by atoms with E-state index in [1.54, 1.807) is 41.9 Å². The zero-order valence-electron chi connectivity index (χ0n) is 27.3. The van der Waals surface area contributed by atoms with Crippen LogP contribution in [0.2, 0.25) is 0 Å². The maximum absolute atomic E-state index is 15.2. The van der Waals surface area contributed by atoms with E-state index in [0.29, 0.717) is 17.1 Å². The molecule has 0 amide bonds. The molecule has 5 rings (SSSR count). The number of aromatic amines is 1. The molecule has 2 heterocycles. The fourth-order valence-electron chi connectivity index (χ4n) is 5.56. The summed E-state index contributed by atoms with van der Waals surface area (Å²) in [6, 6.07) is 24.9. The van der Waals surface area contributed by atoms with Gasteiger partial charge in [0, 0.05) is 18.2 Å². The van der Waals surface area contributed by atoms with E-state index in [9.17, 15) is 9.59 Å². The minimum atomic E-state index is -2.80. The Labute approximate surface area is 274 Å². The Balaban J connectivity index is 1.57. The van der Waals surface area contributed by atoms with Gasteiger partial charge in [-0.15, -0.1) is 0 Å². The molecule has 0 aliphatic carbocycles. The van der Waals surface area contributed by atoms with E-state index in [1.165, 1.54) is 10.8 Å². The second-order valence-electron chi connectivity index (χ2n) is 12.2. The molecule has 1 aliphatic rings. The number of H-pyrrole nitrogens is 1. The van der Waals surface area contributed by atoms with Crippen LogP contribution in [0.15, 0.2) is 94.6 Å². The summed E-state index contributed by atoms with van der Waals surface area (Å²) in [6.45, 7) is 6.74. The summed E-state index contributed by atoms with van der Waals surface area (Å²) in [5, 5.41) is 0. The molecule has 12 heteroatoms. The first-order chi connectivity index (χ1) is 22.4. The summed E-state index contributed by atoms with van der Waals surface area (Å²) in [7, 11) is 0.402. The molecule has 0 saturated carbocycles. The van der Waals surface area contributed by atoms with Crippen LogP contribution in [-0.2, 0) is 24.1 Å². The third-order valence-corrected chi connectivity index (χ3v) is 8.97. The summed E-state index contributed by atoms with van der Waals surface area (Å²) >= 11 is 0. The van der Waals surface area contributed by atoms with Gasteiger partial charge in [-0.05, 0) is 68.7 Å². The molecule has 1 unspecified atom stereocenters. The summed E-state index contributed by atoms with van der Waals surface area (Å²) in [4.78, 5) is 27.2. The van der Waals surface area contributed by atoms with Crippen LogP contribution in [-0.4, -0.2) is 48.2 Å². The number of nitrogens with one attached hydrogen (secondary N) is 1. The predicted molar refractivity (Wildman–Crippen MR) is 177 cm³/mol. The van der Waals surface area contributed by atoms with Gasteiger partial charge in [0.1, 0.15) is 29.4 Å². The molecule has 1 saturated heterocycles. The Morgan fingerprint density at radius 1 is 0.894 bits per heavy atom. The molecule has 0 bridgehead atoms. The van der Waals surface area contributed by atoms with Gasteiger partial charge < -0.3 is 28.0 Å². The van der Waals surface area contributed by atoms with Crippen molar-refractivity contribution in [2.45, 2.75) is 63.8 Å². The van der Waals surface area contributed by atoms with Gasteiger partial charge in [-0.3, -0.25) is 14.3 Å². The molecule has 4 atom stereocenters. The lowest BCUT2D eigenvalue weighted by Gasteiger charge is -2.37. The summed E-state index contributed by atoms with van der Waals surface area (Å²) in [6.07, 6.45) is -0.999. The molecular formula is C35H40FN2O8P. The summed E-state index contributed by atoms with van der Waals surface area (Å²) in [5.74, 6) is 1.36. The molecule has 4 aromatic rings. The van der Waals surface area contributed by atoms with Crippen LogP contribution in [0.5, 0.6) is 11.5 Å². The third-order valence-electron chi connectivity index (χ3n) is 7.84.